The van der Waals surface area contributed by atoms with Gasteiger partial charge in [-0.15, -0.1) is 0 Å². The van der Waals surface area contributed by atoms with Gasteiger partial charge in [0.25, 0.3) is 0 Å². The van der Waals surface area contributed by atoms with Gasteiger partial charge in [0.2, 0.25) is 0 Å². The Labute approximate surface area is 107 Å². The molecule has 1 unspecified atom stereocenters. The van der Waals surface area contributed by atoms with E-state index >= 15 is 0 Å². The van der Waals surface area contributed by atoms with Crippen LogP contribution in [0.25, 0.3) is 0 Å². The van der Waals surface area contributed by atoms with Crippen molar-refractivity contribution in [3.8, 4) is 0 Å². The summed E-state index contributed by atoms with van der Waals surface area (Å²) in [7, 11) is 2.02. The van der Waals surface area contributed by atoms with Gasteiger partial charge in [0, 0.05) is 25.5 Å². The van der Waals surface area contributed by atoms with Crippen molar-refractivity contribution < 1.29 is 0 Å². The largest absolute Gasteiger partial charge is 0.329 e. The molecule has 18 heavy (non-hydrogen) atoms. The highest BCUT2D eigenvalue weighted by Crippen LogP contribution is 2.16. The van der Waals surface area contributed by atoms with E-state index in [1.807, 2.05) is 31.3 Å². The van der Waals surface area contributed by atoms with Gasteiger partial charge in [0.05, 0.1) is 17.4 Å². The molecule has 2 aromatic heterocycles. The van der Waals surface area contributed by atoms with Crippen LogP contribution in [-0.2, 0) is 6.54 Å². The van der Waals surface area contributed by atoms with Crippen molar-refractivity contribution in [3.05, 3.63) is 54.4 Å². The number of hydrogen-bond acceptors (Lipinski definition) is 5. The Hall–Kier alpha value is -1.85. The molecule has 0 bridgehead atoms. The second-order valence-electron chi connectivity index (χ2n) is 4.12. The summed E-state index contributed by atoms with van der Waals surface area (Å²) in [5.41, 5.74) is 7.79. The van der Waals surface area contributed by atoms with Crippen LogP contribution in [0.15, 0.2) is 43.0 Å². The standard InChI is InChI=1S/C13H17N5/c1-18(9-11-4-2-3-6-16-11)13(8-14)12-5-7-15-10-17-12/h2-7,10,13H,8-9,14H2,1H3. The molecule has 5 heteroatoms. The lowest BCUT2D eigenvalue weighted by Crippen LogP contribution is -2.31. The summed E-state index contributed by atoms with van der Waals surface area (Å²) < 4.78 is 0. The van der Waals surface area contributed by atoms with Gasteiger partial charge in [0.1, 0.15) is 6.33 Å². The zero-order valence-electron chi connectivity index (χ0n) is 10.4. The van der Waals surface area contributed by atoms with E-state index in [1.165, 1.54) is 0 Å². The molecule has 0 fully saturated rings. The molecule has 0 saturated heterocycles. The quantitative estimate of drug-likeness (QED) is 0.848. The summed E-state index contributed by atoms with van der Waals surface area (Å²) in [6.45, 7) is 1.26. The van der Waals surface area contributed by atoms with E-state index in [-0.39, 0.29) is 6.04 Å². The Bertz CT molecular complexity index is 459. The lowest BCUT2D eigenvalue weighted by atomic mass is 10.1. The Morgan fingerprint density at radius 3 is 2.72 bits per heavy atom. The normalized spacial score (nSPS) is 12.6. The van der Waals surface area contributed by atoms with E-state index in [1.54, 1.807) is 18.7 Å². The highest BCUT2D eigenvalue weighted by Gasteiger charge is 2.16. The van der Waals surface area contributed by atoms with Crippen molar-refractivity contribution in [2.75, 3.05) is 13.6 Å². The van der Waals surface area contributed by atoms with Crippen LogP contribution in [0.2, 0.25) is 0 Å². The fraction of sp³-hybridized carbons (Fsp3) is 0.308. The molecule has 2 aromatic rings. The number of rotatable bonds is 5. The highest BCUT2D eigenvalue weighted by molar-refractivity contribution is 5.08. The number of nitrogens with zero attached hydrogens (tertiary/aromatic N) is 4. The van der Waals surface area contributed by atoms with Gasteiger partial charge in [-0.05, 0) is 25.2 Å². The molecule has 0 aliphatic heterocycles. The van der Waals surface area contributed by atoms with E-state index in [0.29, 0.717) is 6.54 Å². The zero-order valence-corrected chi connectivity index (χ0v) is 10.4. The van der Waals surface area contributed by atoms with Crippen molar-refractivity contribution in [1.29, 1.82) is 0 Å². The second-order valence-corrected chi connectivity index (χ2v) is 4.12. The van der Waals surface area contributed by atoms with E-state index in [9.17, 15) is 0 Å². The first-order valence-electron chi connectivity index (χ1n) is 5.87. The predicted octanol–water partition coefficient (Wildman–Crippen LogP) is 1.00. The van der Waals surface area contributed by atoms with Gasteiger partial charge < -0.3 is 5.73 Å². The van der Waals surface area contributed by atoms with E-state index in [4.69, 9.17) is 5.73 Å². The van der Waals surface area contributed by atoms with Gasteiger partial charge >= 0.3 is 0 Å². The first-order valence-corrected chi connectivity index (χ1v) is 5.87. The maximum Gasteiger partial charge on any atom is 0.115 e. The summed E-state index contributed by atoms with van der Waals surface area (Å²) >= 11 is 0. The summed E-state index contributed by atoms with van der Waals surface area (Å²) in [5, 5.41) is 0. The predicted molar refractivity (Wildman–Crippen MR) is 69.5 cm³/mol. The minimum atomic E-state index is 0.0787. The van der Waals surface area contributed by atoms with Crippen LogP contribution in [0, 0.1) is 0 Å². The number of hydrogen-bond donors (Lipinski definition) is 1. The number of aromatic nitrogens is 3. The monoisotopic (exact) mass is 243 g/mol. The van der Waals surface area contributed by atoms with Gasteiger partial charge in [-0.1, -0.05) is 6.07 Å². The van der Waals surface area contributed by atoms with Crippen molar-refractivity contribution in [3.63, 3.8) is 0 Å². The fourth-order valence-corrected chi connectivity index (χ4v) is 1.88. The summed E-state index contributed by atoms with van der Waals surface area (Å²) in [6.07, 6.45) is 5.08. The van der Waals surface area contributed by atoms with Crippen LogP contribution in [0.5, 0.6) is 0 Å². The topological polar surface area (TPSA) is 67.9 Å². The first-order chi connectivity index (χ1) is 8.81. The summed E-state index contributed by atoms with van der Waals surface area (Å²) in [4.78, 5) is 14.6. The third-order valence-electron chi connectivity index (χ3n) is 2.84. The van der Waals surface area contributed by atoms with Crippen molar-refractivity contribution in [2.24, 2.45) is 5.73 Å². The lowest BCUT2D eigenvalue weighted by molar-refractivity contribution is 0.234. The van der Waals surface area contributed by atoms with Crippen molar-refractivity contribution >= 4 is 0 Å². The van der Waals surface area contributed by atoms with E-state index in [2.05, 4.69) is 19.9 Å². The number of likely N-dealkylation sites (N-methyl/N-ethyl adjacent to an activating group) is 1. The average Bonchev–Trinajstić information content (AvgIpc) is 2.42. The maximum absolute atomic E-state index is 5.84. The van der Waals surface area contributed by atoms with Crippen LogP contribution in [0.4, 0.5) is 0 Å². The summed E-state index contributed by atoms with van der Waals surface area (Å²) in [5.74, 6) is 0. The van der Waals surface area contributed by atoms with Gasteiger partial charge in [-0.25, -0.2) is 9.97 Å². The van der Waals surface area contributed by atoms with Crippen LogP contribution in [-0.4, -0.2) is 33.4 Å². The molecule has 0 saturated carbocycles. The van der Waals surface area contributed by atoms with Gasteiger partial charge in [-0.2, -0.15) is 0 Å². The maximum atomic E-state index is 5.84. The minimum Gasteiger partial charge on any atom is -0.329 e. The van der Waals surface area contributed by atoms with Crippen LogP contribution < -0.4 is 5.73 Å². The van der Waals surface area contributed by atoms with E-state index in [0.717, 1.165) is 17.9 Å². The summed E-state index contributed by atoms with van der Waals surface area (Å²) in [6, 6.07) is 7.87. The highest BCUT2D eigenvalue weighted by atomic mass is 15.2. The van der Waals surface area contributed by atoms with Gasteiger partial charge in [0.15, 0.2) is 0 Å². The molecule has 5 nitrogen and oxygen atoms in total. The number of nitrogens with two attached hydrogens (primary N) is 1. The SMILES string of the molecule is CN(Cc1ccccn1)C(CN)c1ccncn1. The molecule has 0 spiro atoms. The molecule has 0 aliphatic carbocycles. The molecule has 2 heterocycles. The molecule has 0 amide bonds. The third kappa shape index (κ3) is 3.09. The molecule has 0 aromatic carbocycles. The molecule has 1 atom stereocenters. The van der Waals surface area contributed by atoms with Crippen LogP contribution in [0.3, 0.4) is 0 Å². The Balaban J connectivity index is 2.09. The molecular formula is C13H17N5. The Morgan fingerprint density at radius 2 is 2.11 bits per heavy atom. The Morgan fingerprint density at radius 1 is 1.22 bits per heavy atom. The van der Waals surface area contributed by atoms with Crippen molar-refractivity contribution in [2.45, 2.75) is 12.6 Å². The molecule has 0 radical (unpaired) electrons. The van der Waals surface area contributed by atoms with E-state index < -0.39 is 0 Å². The van der Waals surface area contributed by atoms with Crippen molar-refractivity contribution in [1.82, 2.24) is 19.9 Å². The Kier molecular flexibility index (Phi) is 4.33. The van der Waals surface area contributed by atoms with Crippen LogP contribution >= 0.6 is 0 Å². The number of pyridine rings is 1. The fourth-order valence-electron chi connectivity index (χ4n) is 1.88. The van der Waals surface area contributed by atoms with Crippen LogP contribution in [0.1, 0.15) is 17.4 Å². The lowest BCUT2D eigenvalue weighted by Gasteiger charge is -2.25. The molecule has 2 rings (SSSR count). The third-order valence-corrected chi connectivity index (χ3v) is 2.84. The molecule has 2 N–H and O–H groups in total. The molecule has 94 valence electrons. The minimum absolute atomic E-state index is 0.0787. The molecule has 0 aliphatic rings. The molecular weight excluding hydrogens is 226 g/mol. The average molecular weight is 243 g/mol. The smallest absolute Gasteiger partial charge is 0.115 e. The zero-order chi connectivity index (χ0) is 12.8. The second kappa shape index (κ2) is 6.18. The van der Waals surface area contributed by atoms with Gasteiger partial charge in [-0.3, -0.25) is 9.88 Å². The first kappa shape index (κ1) is 12.6.